The number of rotatable bonds is 3. The number of sulfone groups is 1. The van der Waals surface area contributed by atoms with Crippen LogP contribution in [0.15, 0.2) is 29.2 Å². The molecule has 2 heterocycles. The van der Waals surface area contributed by atoms with Crippen molar-refractivity contribution in [2.75, 3.05) is 25.9 Å². The highest BCUT2D eigenvalue weighted by Crippen LogP contribution is 2.32. The predicted molar refractivity (Wildman–Crippen MR) is 79.5 cm³/mol. The summed E-state index contributed by atoms with van der Waals surface area (Å²) in [5, 5.41) is 3.58. The molecule has 0 saturated carbocycles. The maximum atomic E-state index is 12.1. The van der Waals surface area contributed by atoms with Crippen molar-refractivity contribution < 1.29 is 8.42 Å². The second-order valence-electron chi connectivity index (χ2n) is 5.88. The zero-order valence-corrected chi connectivity index (χ0v) is 12.7. The van der Waals surface area contributed by atoms with Crippen molar-refractivity contribution >= 4 is 9.84 Å². The van der Waals surface area contributed by atoms with E-state index in [4.69, 9.17) is 0 Å². The lowest BCUT2D eigenvalue weighted by atomic mass is 10.0. The van der Waals surface area contributed by atoms with E-state index in [1.54, 1.807) is 6.07 Å². The average molecular weight is 294 g/mol. The first kappa shape index (κ1) is 14.0. The van der Waals surface area contributed by atoms with Gasteiger partial charge in [0.05, 0.1) is 10.6 Å². The Labute approximate surface area is 121 Å². The summed E-state index contributed by atoms with van der Waals surface area (Å²) in [4.78, 5) is 2.90. The third kappa shape index (κ3) is 2.62. The molecule has 1 fully saturated rings. The number of likely N-dealkylation sites (N-methyl/N-ethyl adjacent to an activating group) is 1. The van der Waals surface area contributed by atoms with Crippen molar-refractivity contribution in [1.29, 1.82) is 0 Å². The van der Waals surface area contributed by atoms with Gasteiger partial charge in [0.1, 0.15) is 0 Å². The van der Waals surface area contributed by atoms with Gasteiger partial charge in [0.15, 0.2) is 9.84 Å². The molecule has 1 saturated heterocycles. The predicted octanol–water partition coefficient (Wildman–Crippen LogP) is 1.59. The van der Waals surface area contributed by atoms with Crippen LogP contribution >= 0.6 is 0 Å². The Balaban J connectivity index is 1.75. The molecule has 1 aromatic rings. The maximum Gasteiger partial charge on any atom is 0.178 e. The molecular formula is C15H22N2O2S. The lowest BCUT2D eigenvalue weighted by Gasteiger charge is -2.29. The van der Waals surface area contributed by atoms with Gasteiger partial charge in [0.25, 0.3) is 0 Å². The number of hydrogen-bond donors (Lipinski definition) is 1. The van der Waals surface area contributed by atoms with Gasteiger partial charge in [-0.2, -0.15) is 0 Å². The van der Waals surface area contributed by atoms with Crippen LogP contribution in [0.4, 0.5) is 0 Å². The summed E-state index contributed by atoms with van der Waals surface area (Å²) in [5.41, 5.74) is 0.944. The molecule has 110 valence electrons. The molecule has 2 aliphatic rings. The van der Waals surface area contributed by atoms with Gasteiger partial charge >= 0.3 is 0 Å². The van der Waals surface area contributed by atoms with Gasteiger partial charge in [-0.15, -0.1) is 0 Å². The summed E-state index contributed by atoms with van der Waals surface area (Å²) in [6, 6.07) is 8.17. The number of nitrogens with zero attached hydrogens (tertiary/aromatic N) is 1. The molecule has 1 N–H and O–H groups in total. The normalized spacial score (nSPS) is 29.2. The molecule has 3 rings (SSSR count). The van der Waals surface area contributed by atoms with Crippen molar-refractivity contribution in [3.63, 3.8) is 0 Å². The second kappa shape index (κ2) is 5.47. The first-order valence-corrected chi connectivity index (χ1v) is 8.98. The van der Waals surface area contributed by atoms with Crippen LogP contribution in [0.25, 0.3) is 0 Å². The molecule has 2 aliphatic heterocycles. The Morgan fingerprint density at radius 3 is 2.85 bits per heavy atom. The fourth-order valence-corrected chi connectivity index (χ4v) is 4.94. The SMILES string of the molecule is CN1CCCC1CNC1CCS(=O)(=O)c2ccccc21. The molecule has 20 heavy (non-hydrogen) atoms. The van der Waals surface area contributed by atoms with Crippen molar-refractivity contribution in [1.82, 2.24) is 10.2 Å². The number of fused-ring (bicyclic) bond motifs is 1. The van der Waals surface area contributed by atoms with Gasteiger partial charge in [-0.1, -0.05) is 18.2 Å². The van der Waals surface area contributed by atoms with E-state index < -0.39 is 9.84 Å². The van der Waals surface area contributed by atoms with Gasteiger partial charge in [-0.05, 0) is 44.5 Å². The molecule has 0 bridgehead atoms. The highest BCUT2D eigenvalue weighted by atomic mass is 32.2. The van der Waals surface area contributed by atoms with Crippen LogP contribution in [-0.4, -0.2) is 45.2 Å². The number of hydrogen-bond acceptors (Lipinski definition) is 4. The van der Waals surface area contributed by atoms with Crippen LogP contribution in [-0.2, 0) is 9.84 Å². The minimum Gasteiger partial charge on any atom is -0.308 e. The molecule has 0 spiro atoms. The second-order valence-corrected chi connectivity index (χ2v) is 7.96. The van der Waals surface area contributed by atoms with Crippen LogP contribution in [0, 0.1) is 0 Å². The van der Waals surface area contributed by atoms with E-state index in [1.165, 1.54) is 19.4 Å². The van der Waals surface area contributed by atoms with Gasteiger partial charge in [0.2, 0.25) is 0 Å². The van der Waals surface area contributed by atoms with Crippen LogP contribution < -0.4 is 5.32 Å². The fraction of sp³-hybridized carbons (Fsp3) is 0.600. The average Bonchev–Trinajstić information content (AvgIpc) is 2.84. The Morgan fingerprint density at radius 2 is 2.10 bits per heavy atom. The number of benzene rings is 1. The molecule has 1 aromatic carbocycles. The molecule has 0 amide bonds. The molecule has 2 atom stereocenters. The smallest absolute Gasteiger partial charge is 0.178 e. The third-order valence-corrected chi connectivity index (χ3v) is 6.39. The van der Waals surface area contributed by atoms with E-state index in [9.17, 15) is 8.42 Å². The Kier molecular flexibility index (Phi) is 3.84. The number of nitrogens with one attached hydrogen (secondary N) is 1. The van der Waals surface area contributed by atoms with E-state index in [0.717, 1.165) is 12.1 Å². The van der Waals surface area contributed by atoms with Gasteiger partial charge < -0.3 is 10.2 Å². The Morgan fingerprint density at radius 1 is 1.30 bits per heavy atom. The summed E-state index contributed by atoms with van der Waals surface area (Å²) in [6.07, 6.45) is 3.17. The topological polar surface area (TPSA) is 49.4 Å². The van der Waals surface area contributed by atoms with E-state index in [0.29, 0.717) is 17.4 Å². The molecule has 5 heteroatoms. The lowest BCUT2D eigenvalue weighted by Crippen LogP contribution is -2.39. The Hall–Kier alpha value is -0.910. The van der Waals surface area contributed by atoms with Gasteiger partial charge in [-0.3, -0.25) is 0 Å². The summed E-state index contributed by atoms with van der Waals surface area (Å²) in [5.74, 6) is 0.252. The van der Waals surface area contributed by atoms with Crippen LogP contribution in [0.3, 0.4) is 0 Å². The molecule has 0 aromatic heterocycles. The van der Waals surface area contributed by atoms with E-state index >= 15 is 0 Å². The minimum absolute atomic E-state index is 0.170. The zero-order chi connectivity index (χ0) is 14.2. The van der Waals surface area contributed by atoms with Gasteiger partial charge in [0, 0.05) is 18.6 Å². The van der Waals surface area contributed by atoms with Crippen molar-refractivity contribution in [3.8, 4) is 0 Å². The van der Waals surface area contributed by atoms with Crippen molar-refractivity contribution in [2.24, 2.45) is 0 Å². The van der Waals surface area contributed by atoms with E-state index in [1.807, 2.05) is 18.2 Å². The summed E-state index contributed by atoms with van der Waals surface area (Å²) in [6.45, 7) is 2.11. The summed E-state index contributed by atoms with van der Waals surface area (Å²) in [7, 11) is -0.908. The lowest BCUT2D eigenvalue weighted by molar-refractivity contribution is 0.289. The highest BCUT2D eigenvalue weighted by molar-refractivity contribution is 7.91. The van der Waals surface area contributed by atoms with Crippen LogP contribution in [0.1, 0.15) is 30.9 Å². The summed E-state index contributed by atoms with van der Waals surface area (Å²) < 4.78 is 24.2. The van der Waals surface area contributed by atoms with Gasteiger partial charge in [-0.25, -0.2) is 8.42 Å². The van der Waals surface area contributed by atoms with E-state index in [2.05, 4.69) is 17.3 Å². The van der Waals surface area contributed by atoms with Crippen LogP contribution in [0.2, 0.25) is 0 Å². The van der Waals surface area contributed by atoms with Crippen molar-refractivity contribution in [3.05, 3.63) is 29.8 Å². The first-order valence-electron chi connectivity index (χ1n) is 7.33. The van der Waals surface area contributed by atoms with E-state index in [-0.39, 0.29) is 11.8 Å². The molecule has 0 aliphatic carbocycles. The van der Waals surface area contributed by atoms with Crippen LogP contribution in [0.5, 0.6) is 0 Å². The highest BCUT2D eigenvalue weighted by Gasteiger charge is 2.30. The van der Waals surface area contributed by atoms with Crippen molar-refractivity contribution in [2.45, 2.75) is 36.2 Å². The largest absolute Gasteiger partial charge is 0.308 e. The fourth-order valence-electron chi connectivity index (χ4n) is 3.32. The molecule has 0 radical (unpaired) electrons. The monoisotopic (exact) mass is 294 g/mol. The Bertz CT molecular complexity index is 585. The first-order chi connectivity index (χ1) is 9.58. The summed E-state index contributed by atoms with van der Waals surface area (Å²) >= 11 is 0. The maximum absolute atomic E-state index is 12.1. The minimum atomic E-state index is -3.07. The third-order valence-electron chi connectivity index (χ3n) is 4.58. The zero-order valence-electron chi connectivity index (χ0n) is 11.9. The quantitative estimate of drug-likeness (QED) is 0.920. The molecular weight excluding hydrogens is 272 g/mol. The standard InChI is InChI=1S/C15H22N2O2S/c1-17-9-4-5-12(17)11-16-14-8-10-20(18,19)15-7-3-2-6-13(14)15/h2-3,6-7,12,14,16H,4-5,8-11H2,1H3. The number of likely N-dealkylation sites (tertiary alicyclic amines) is 1. The molecule has 2 unspecified atom stereocenters. The molecule has 4 nitrogen and oxygen atoms in total.